The van der Waals surface area contributed by atoms with Crippen LogP contribution in [0.1, 0.15) is 40.8 Å². The van der Waals surface area contributed by atoms with E-state index in [2.05, 4.69) is 63.3 Å². The highest BCUT2D eigenvalue weighted by molar-refractivity contribution is 6.31. The van der Waals surface area contributed by atoms with Crippen molar-refractivity contribution in [1.29, 1.82) is 0 Å². The maximum absolute atomic E-state index is 6.13. The Labute approximate surface area is 127 Å². The molecule has 0 spiro atoms. The first-order chi connectivity index (χ1) is 9.52. The zero-order valence-electron chi connectivity index (χ0n) is 12.6. The summed E-state index contributed by atoms with van der Waals surface area (Å²) >= 11 is 6.13. The van der Waals surface area contributed by atoms with E-state index in [4.69, 9.17) is 11.6 Å². The molecule has 0 aliphatic carbocycles. The van der Waals surface area contributed by atoms with E-state index in [1.54, 1.807) is 0 Å². The Balaban J connectivity index is 2.44. The number of hydrogen-bond acceptors (Lipinski definition) is 1. The maximum Gasteiger partial charge on any atom is 0.0576 e. The van der Waals surface area contributed by atoms with E-state index in [-0.39, 0.29) is 6.04 Å². The summed E-state index contributed by atoms with van der Waals surface area (Å²) in [6.07, 6.45) is 0. The van der Waals surface area contributed by atoms with Gasteiger partial charge in [-0.25, -0.2) is 0 Å². The Hall–Kier alpha value is -1.31. The maximum atomic E-state index is 6.13. The molecule has 0 saturated carbocycles. The summed E-state index contributed by atoms with van der Waals surface area (Å²) in [5.41, 5.74) is 6.34. The molecule has 0 amide bonds. The van der Waals surface area contributed by atoms with Gasteiger partial charge in [0.1, 0.15) is 0 Å². The van der Waals surface area contributed by atoms with Gasteiger partial charge in [0.15, 0.2) is 0 Å². The summed E-state index contributed by atoms with van der Waals surface area (Å²) in [7, 11) is 0. The van der Waals surface area contributed by atoms with Crippen LogP contribution in [0.15, 0.2) is 36.4 Å². The van der Waals surface area contributed by atoms with Crippen LogP contribution in [0.3, 0.4) is 0 Å². The van der Waals surface area contributed by atoms with Crippen molar-refractivity contribution in [2.75, 3.05) is 6.54 Å². The van der Waals surface area contributed by atoms with Gasteiger partial charge in [0.2, 0.25) is 0 Å². The van der Waals surface area contributed by atoms with Crippen LogP contribution in [-0.4, -0.2) is 6.54 Å². The number of halogens is 1. The second kappa shape index (κ2) is 6.43. The molecule has 0 aliphatic rings. The van der Waals surface area contributed by atoms with E-state index in [9.17, 15) is 0 Å². The summed E-state index contributed by atoms with van der Waals surface area (Å²) in [5, 5.41) is 4.39. The number of nitrogens with one attached hydrogen (secondary N) is 1. The molecular weight excluding hydrogens is 266 g/mol. The minimum Gasteiger partial charge on any atom is -0.307 e. The predicted molar refractivity (Wildman–Crippen MR) is 87.6 cm³/mol. The average molecular weight is 288 g/mol. The zero-order chi connectivity index (χ0) is 14.7. The van der Waals surface area contributed by atoms with Crippen LogP contribution in [0, 0.1) is 20.8 Å². The molecule has 106 valence electrons. The fourth-order valence-electron chi connectivity index (χ4n) is 2.42. The van der Waals surface area contributed by atoms with Crippen LogP contribution in [0.25, 0.3) is 0 Å². The molecular formula is C18H22ClN. The molecule has 0 bridgehead atoms. The van der Waals surface area contributed by atoms with Crippen molar-refractivity contribution in [3.63, 3.8) is 0 Å². The van der Waals surface area contributed by atoms with E-state index in [0.29, 0.717) is 0 Å². The van der Waals surface area contributed by atoms with Crippen molar-refractivity contribution < 1.29 is 0 Å². The highest BCUT2D eigenvalue weighted by Gasteiger charge is 2.14. The second-order valence-electron chi connectivity index (χ2n) is 5.34. The average Bonchev–Trinajstić information content (AvgIpc) is 2.43. The van der Waals surface area contributed by atoms with Gasteiger partial charge in [-0.3, -0.25) is 0 Å². The first-order valence-electron chi connectivity index (χ1n) is 7.09. The molecule has 0 saturated heterocycles. The quantitative estimate of drug-likeness (QED) is 0.838. The van der Waals surface area contributed by atoms with Gasteiger partial charge in [-0.1, -0.05) is 48.9 Å². The van der Waals surface area contributed by atoms with Crippen molar-refractivity contribution in [2.45, 2.75) is 33.7 Å². The van der Waals surface area contributed by atoms with Crippen molar-refractivity contribution in [2.24, 2.45) is 0 Å². The topological polar surface area (TPSA) is 12.0 Å². The van der Waals surface area contributed by atoms with E-state index in [1.807, 2.05) is 6.07 Å². The van der Waals surface area contributed by atoms with E-state index >= 15 is 0 Å². The number of rotatable bonds is 4. The second-order valence-corrected chi connectivity index (χ2v) is 5.75. The van der Waals surface area contributed by atoms with Crippen LogP contribution < -0.4 is 5.32 Å². The minimum absolute atomic E-state index is 0.218. The largest absolute Gasteiger partial charge is 0.307 e. The molecule has 1 N–H and O–H groups in total. The Morgan fingerprint density at radius 2 is 1.50 bits per heavy atom. The standard InChI is InChI=1S/C18H22ClN/c1-5-20-18(15-7-6-12(2)13(3)10-15)16-8-9-17(19)14(4)11-16/h6-11,18,20H,5H2,1-4H3. The lowest BCUT2D eigenvalue weighted by Crippen LogP contribution is -2.22. The molecule has 0 fully saturated rings. The van der Waals surface area contributed by atoms with Crippen LogP contribution in [0.2, 0.25) is 5.02 Å². The molecule has 2 aromatic carbocycles. The zero-order valence-corrected chi connectivity index (χ0v) is 13.4. The minimum atomic E-state index is 0.218. The molecule has 1 atom stereocenters. The van der Waals surface area contributed by atoms with Crippen molar-refractivity contribution >= 4 is 11.6 Å². The van der Waals surface area contributed by atoms with Crippen LogP contribution in [0.4, 0.5) is 0 Å². The van der Waals surface area contributed by atoms with E-state index < -0.39 is 0 Å². The monoisotopic (exact) mass is 287 g/mol. The SMILES string of the molecule is CCNC(c1ccc(C)c(C)c1)c1ccc(Cl)c(C)c1. The van der Waals surface area contributed by atoms with Gasteiger partial charge in [-0.15, -0.1) is 0 Å². The summed E-state index contributed by atoms with van der Waals surface area (Å²) in [5.74, 6) is 0. The number of hydrogen-bond donors (Lipinski definition) is 1. The van der Waals surface area contributed by atoms with Gasteiger partial charge < -0.3 is 5.32 Å². The molecule has 2 heteroatoms. The summed E-state index contributed by atoms with van der Waals surface area (Å²) in [4.78, 5) is 0. The molecule has 0 radical (unpaired) electrons. The normalized spacial score (nSPS) is 12.4. The molecule has 2 aromatic rings. The van der Waals surface area contributed by atoms with Crippen LogP contribution >= 0.6 is 11.6 Å². The molecule has 0 heterocycles. The van der Waals surface area contributed by atoms with Crippen LogP contribution in [-0.2, 0) is 0 Å². The van der Waals surface area contributed by atoms with Crippen LogP contribution in [0.5, 0.6) is 0 Å². The van der Waals surface area contributed by atoms with Crippen molar-refractivity contribution in [3.8, 4) is 0 Å². The highest BCUT2D eigenvalue weighted by Crippen LogP contribution is 2.27. The third kappa shape index (κ3) is 3.23. The first-order valence-corrected chi connectivity index (χ1v) is 7.47. The molecule has 2 rings (SSSR count). The fraction of sp³-hybridized carbons (Fsp3) is 0.333. The lowest BCUT2D eigenvalue weighted by atomic mass is 9.94. The number of benzene rings is 2. The van der Waals surface area contributed by atoms with Gasteiger partial charge in [0.05, 0.1) is 6.04 Å². The molecule has 1 nitrogen and oxygen atoms in total. The Kier molecular flexibility index (Phi) is 4.85. The molecule has 20 heavy (non-hydrogen) atoms. The van der Waals surface area contributed by atoms with Gasteiger partial charge in [-0.05, 0) is 61.2 Å². The van der Waals surface area contributed by atoms with Crippen molar-refractivity contribution in [3.05, 3.63) is 69.2 Å². The Morgan fingerprint density at radius 1 is 0.900 bits per heavy atom. The lowest BCUT2D eigenvalue weighted by Gasteiger charge is -2.20. The van der Waals surface area contributed by atoms with Gasteiger partial charge in [0.25, 0.3) is 0 Å². The summed E-state index contributed by atoms with van der Waals surface area (Å²) in [6.45, 7) is 9.42. The molecule has 0 aromatic heterocycles. The fourth-order valence-corrected chi connectivity index (χ4v) is 2.54. The lowest BCUT2D eigenvalue weighted by molar-refractivity contribution is 0.630. The number of aryl methyl sites for hydroxylation is 3. The predicted octanol–water partition coefficient (Wildman–Crippen LogP) is 4.96. The third-order valence-corrected chi connectivity index (χ3v) is 4.21. The smallest absolute Gasteiger partial charge is 0.0576 e. The Morgan fingerprint density at radius 3 is 2.05 bits per heavy atom. The van der Waals surface area contributed by atoms with Crippen molar-refractivity contribution in [1.82, 2.24) is 5.32 Å². The van der Waals surface area contributed by atoms with E-state index in [0.717, 1.165) is 17.1 Å². The van der Waals surface area contributed by atoms with Gasteiger partial charge >= 0.3 is 0 Å². The first kappa shape index (κ1) is 15.1. The van der Waals surface area contributed by atoms with Gasteiger partial charge in [-0.2, -0.15) is 0 Å². The molecule has 0 aliphatic heterocycles. The molecule has 1 unspecified atom stereocenters. The highest BCUT2D eigenvalue weighted by atomic mass is 35.5. The third-order valence-electron chi connectivity index (χ3n) is 3.79. The summed E-state index contributed by atoms with van der Waals surface area (Å²) < 4.78 is 0. The summed E-state index contributed by atoms with van der Waals surface area (Å²) in [6, 6.07) is 13.2. The van der Waals surface area contributed by atoms with Gasteiger partial charge in [0, 0.05) is 5.02 Å². The van der Waals surface area contributed by atoms with E-state index in [1.165, 1.54) is 22.3 Å². The Bertz CT molecular complexity index is 553.